The van der Waals surface area contributed by atoms with E-state index in [2.05, 4.69) is 15.4 Å². The largest absolute Gasteiger partial charge is 0.484 e. The first-order chi connectivity index (χ1) is 17.3. The third-order valence-corrected chi connectivity index (χ3v) is 5.24. The molecule has 0 saturated carbocycles. The number of ether oxygens (including phenoxy) is 2. The highest BCUT2D eigenvalue weighted by atomic mass is 35.5. The number of nitrogens with zero attached hydrogens (tertiary/aromatic N) is 1. The van der Waals surface area contributed by atoms with Crippen LogP contribution in [0.4, 0.5) is 10.5 Å². The van der Waals surface area contributed by atoms with Crippen LogP contribution in [0.25, 0.3) is 6.08 Å². The molecule has 1 aliphatic heterocycles. The average molecular weight is 510 g/mol. The van der Waals surface area contributed by atoms with E-state index in [9.17, 15) is 19.2 Å². The third-order valence-electron chi connectivity index (χ3n) is 4.99. The van der Waals surface area contributed by atoms with Crippen LogP contribution in [0.5, 0.6) is 5.75 Å². The summed E-state index contributed by atoms with van der Waals surface area (Å²) in [5.74, 6) is -0.979. The Labute approximate surface area is 210 Å². The summed E-state index contributed by atoms with van der Waals surface area (Å²) < 4.78 is 15.5. The lowest BCUT2D eigenvalue weighted by Crippen LogP contribution is -2.30. The van der Waals surface area contributed by atoms with Crippen molar-refractivity contribution in [3.05, 3.63) is 88.5 Å². The van der Waals surface area contributed by atoms with Crippen LogP contribution in [0.2, 0.25) is 5.02 Å². The number of hydrogen-bond acceptors (Lipinski definition) is 7. The molecule has 0 spiro atoms. The van der Waals surface area contributed by atoms with Gasteiger partial charge in [-0.1, -0.05) is 23.7 Å². The van der Waals surface area contributed by atoms with E-state index in [1.54, 1.807) is 48.5 Å². The monoisotopic (exact) mass is 509 g/mol. The van der Waals surface area contributed by atoms with Gasteiger partial charge in [-0.05, 0) is 60.2 Å². The molecule has 0 bridgehead atoms. The summed E-state index contributed by atoms with van der Waals surface area (Å²) in [5, 5.41) is 5.77. The van der Waals surface area contributed by atoms with Crippen molar-refractivity contribution in [3.8, 4) is 5.75 Å². The van der Waals surface area contributed by atoms with E-state index in [0.717, 1.165) is 4.90 Å². The number of anilines is 1. The minimum atomic E-state index is -0.663. The average Bonchev–Trinajstić information content (AvgIpc) is 3.44. The Kier molecular flexibility index (Phi) is 7.36. The van der Waals surface area contributed by atoms with E-state index >= 15 is 0 Å². The fourth-order valence-electron chi connectivity index (χ4n) is 3.28. The molecule has 4 rings (SSSR count). The smallest absolute Gasteiger partial charge is 0.373 e. The van der Waals surface area contributed by atoms with E-state index < -0.39 is 17.9 Å². The molecule has 0 aliphatic carbocycles. The maximum absolute atomic E-state index is 12.8. The van der Waals surface area contributed by atoms with Crippen LogP contribution < -0.4 is 15.4 Å². The zero-order valence-corrected chi connectivity index (χ0v) is 19.7. The fourth-order valence-corrected chi connectivity index (χ4v) is 3.41. The molecule has 184 valence electrons. The van der Waals surface area contributed by atoms with E-state index in [4.69, 9.17) is 20.8 Å². The maximum Gasteiger partial charge on any atom is 0.373 e. The van der Waals surface area contributed by atoms with Crippen LogP contribution in [-0.4, -0.2) is 42.4 Å². The molecule has 36 heavy (non-hydrogen) atoms. The molecule has 11 heteroatoms. The van der Waals surface area contributed by atoms with Gasteiger partial charge in [0.2, 0.25) is 5.76 Å². The Morgan fingerprint density at radius 3 is 2.64 bits per heavy atom. The summed E-state index contributed by atoms with van der Waals surface area (Å²) >= 11 is 5.83. The third kappa shape index (κ3) is 5.91. The van der Waals surface area contributed by atoms with Gasteiger partial charge in [-0.3, -0.25) is 14.5 Å². The number of halogens is 1. The molecular weight excluding hydrogens is 490 g/mol. The Hall–Kier alpha value is -4.57. The number of urea groups is 1. The number of furan rings is 1. The lowest BCUT2D eigenvalue weighted by Gasteiger charge is -2.09. The number of imide groups is 1. The summed E-state index contributed by atoms with van der Waals surface area (Å²) in [6.07, 6.45) is 1.49. The second kappa shape index (κ2) is 10.8. The topological polar surface area (TPSA) is 127 Å². The lowest BCUT2D eigenvalue weighted by atomic mass is 10.2. The van der Waals surface area contributed by atoms with E-state index in [0.29, 0.717) is 22.0 Å². The highest BCUT2D eigenvalue weighted by Gasteiger charge is 2.34. The highest BCUT2D eigenvalue weighted by molar-refractivity contribution is 6.30. The quantitative estimate of drug-likeness (QED) is 0.268. The molecule has 1 aliphatic rings. The summed E-state index contributed by atoms with van der Waals surface area (Å²) in [6, 6.07) is 15.6. The Morgan fingerprint density at radius 2 is 1.89 bits per heavy atom. The zero-order valence-electron chi connectivity index (χ0n) is 18.9. The molecular formula is C25H20ClN3O7. The molecule has 1 aromatic heterocycles. The normalized spacial score (nSPS) is 14.1. The Morgan fingerprint density at radius 1 is 1.11 bits per heavy atom. The molecule has 0 atom stereocenters. The number of esters is 1. The number of carbonyl (C=O) groups excluding carboxylic acids is 4. The van der Waals surface area contributed by atoms with Crippen molar-refractivity contribution < 1.29 is 33.1 Å². The van der Waals surface area contributed by atoms with Crippen molar-refractivity contribution in [1.29, 1.82) is 0 Å². The number of methoxy groups -OCH3 is 1. The molecule has 2 N–H and O–H groups in total. The zero-order chi connectivity index (χ0) is 25.7. The van der Waals surface area contributed by atoms with Crippen molar-refractivity contribution in [2.45, 2.75) is 6.54 Å². The molecule has 2 heterocycles. The molecule has 3 aromatic rings. The van der Waals surface area contributed by atoms with Crippen LogP contribution in [0.3, 0.4) is 0 Å². The predicted molar refractivity (Wildman–Crippen MR) is 129 cm³/mol. The summed E-state index contributed by atoms with van der Waals surface area (Å²) in [7, 11) is 1.22. The second-order valence-electron chi connectivity index (χ2n) is 7.55. The first-order valence-electron chi connectivity index (χ1n) is 10.6. The molecule has 10 nitrogen and oxygen atoms in total. The van der Waals surface area contributed by atoms with Crippen molar-refractivity contribution >= 4 is 47.2 Å². The van der Waals surface area contributed by atoms with Gasteiger partial charge in [-0.15, -0.1) is 0 Å². The van der Waals surface area contributed by atoms with E-state index in [1.807, 2.05) is 0 Å². The summed E-state index contributed by atoms with van der Waals surface area (Å²) in [4.78, 5) is 49.7. The van der Waals surface area contributed by atoms with Crippen LogP contribution in [0, 0.1) is 0 Å². The first kappa shape index (κ1) is 24.6. The fraction of sp³-hybridized carbons (Fsp3) is 0.120. The molecule has 0 radical (unpaired) electrons. The molecule has 1 saturated heterocycles. The number of amides is 4. The number of carbonyl (C=O) groups is 4. The standard InChI is InChI=1S/C25H20ClN3O7/c1-34-24(32)21-10-9-19(36-21)13-29-23(31)20(28-25(29)33)12-15-3-2-4-18(11-15)35-14-22(30)27-17-7-5-16(26)6-8-17/h2-12H,13-14H2,1H3,(H,27,30)(H,28,33)/b20-12-. The van der Waals surface area contributed by atoms with Crippen LogP contribution in [0.15, 0.2) is 70.8 Å². The highest BCUT2D eigenvalue weighted by Crippen LogP contribution is 2.21. The molecule has 1 fully saturated rings. The van der Waals surface area contributed by atoms with Gasteiger partial charge < -0.3 is 24.5 Å². The second-order valence-corrected chi connectivity index (χ2v) is 7.99. The SMILES string of the molecule is COC(=O)c1ccc(CN2C(=O)N/C(=C\c3cccc(OCC(=O)Nc4ccc(Cl)cc4)c3)C2=O)o1. The molecule has 0 unspecified atom stereocenters. The summed E-state index contributed by atoms with van der Waals surface area (Å²) in [6.45, 7) is -0.395. The van der Waals surface area contributed by atoms with Crippen molar-refractivity contribution in [2.75, 3.05) is 19.0 Å². The van der Waals surface area contributed by atoms with Gasteiger partial charge >= 0.3 is 12.0 Å². The number of nitrogens with one attached hydrogen (secondary N) is 2. The van der Waals surface area contributed by atoms with Crippen molar-refractivity contribution in [3.63, 3.8) is 0 Å². The minimum absolute atomic E-state index is 0.0334. The van der Waals surface area contributed by atoms with Crippen LogP contribution >= 0.6 is 11.6 Å². The van der Waals surface area contributed by atoms with Crippen LogP contribution in [-0.2, 0) is 20.9 Å². The minimum Gasteiger partial charge on any atom is -0.484 e. The van der Waals surface area contributed by atoms with Crippen molar-refractivity contribution in [1.82, 2.24) is 10.2 Å². The number of rotatable bonds is 8. The number of benzene rings is 2. The van der Waals surface area contributed by atoms with Gasteiger partial charge in [0, 0.05) is 10.7 Å². The van der Waals surface area contributed by atoms with Gasteiger partial charge in [-0.2, -0.15) is 0 Å². The van der Waals surface area contributed by atoms with Gasteiger partial charge in [0.25, 0.3) is 11.8 Å². The van der Waals surface area contributed by atoms with Gasteiger partial charge in [0.1, 0.15) is 17.2 Å². The number of hydrogen-bond donors (Lipinski definition) is 2. The molecule has 2 aromatic carbocycles. The Balaban J connectivity index is 1.37. The van der Waals surface area contributed by atoms with Crippen molar-refractivity contribution in [2.24, 2.45) is 0 Å². The lowest BCUT2D eigenvalue weighted by molar-refractivity contribution is -0.123. The van der Waals surface area contributed by atoms with E-state index in [1.165, 1.54) is 25.3 Å². The van der Waals surface area contributed by atoms with Gasteiger partial charge in [0.05, 0.1) is 13.7 Å². The maximum atomic E-state index is 12.8. The first-order valence-corrected chi connectivity index (χ1v) is 11.0. The van der Waals surface area contributed by atoms with Gasteiger partial charge in [0.15, 0.2) is 6.61 Å². The molecule has 4 amide bonds. The van der Waals surface area contributed by atoms with Crippen LogP contribution in [0.1, 0.15) is 21.9 Å². The van der Waals surface area contributed by atoms with Gasteiger partial charge in [-0.25, -0.2) is 9.59 Å². The summed E-state index contributed by atoms with van der Waals surface area (Å²) in [5.41, 5.74) is 1.21. The van der Waals surface area contributed by atoms with E-state index in [-0.39, 0.29) is 36.3 Å². The Bertz CT molecular complexity index is 1350. The predicted octanol–water partition coefficient (Wildman–Crippen LogP) is 3.83.